The lowest BCUT2D eigenvalue weighted by Crippen LogP contribution is -2.52. The third kappa shape index (κ3) is 4.76. The number of ether oxygens (including phenoxy) is 1. The zero-order chi connectivity index (χ0) is 21.8. The van der Waals surface area contributed by atoms with Crippen LogP contribution in [0.4, 0.5) is 5.69 Å². The van der Waals surface area contributed by atoms with Crippen LogP contribution in [0.2, 0.25) is 0 Å². The predicted octanol–water partition coefficient (Wildman–Crippen LogP) is 1.85. The van der Waals surface area contributed by atoms with E-state index in [1.54, 1.807) is 23.8 Å². The number of aromatic nitrogens is 2. The molecule has 0 unspecified atom stereocenters. The van der Waals surface area contributed by atoms with Gasteiger partial charge in [-0.25, -0.2) is 4.98 Å². The van der Waals surface area contributed by atoms with Gasteiger partial charge in [-0.1, -0.05) is 18.2 Å². The largest absolute Gasteiger partial charge is 0.495 e. The third-order valence-corrected chi connectivity index (χ3v) is 5.71. The van der Waals surface area contributed by atoms with Crippen LogP contribution >= 0.6 is 0 Å². The maximum absolute atomic E-state index is 12.7. The van der Waals surface area contributed by atoms with E-state index in [-0.39, 0.29) is 17.5 Å². The Labute approximate surface area is 181 Å². The van der Waals surface area contributed by atoms with Gasteiger partial charge in [0.1, 0.15) is 11.4 Å². The highest BCUT2D eigenvalue weighted by Crippen LogP contribution is 2.23. The molecule has 8 heteroatoms. The van der Waals surface area contributed by atoms with E-state index in [1.165, 1.54) is 0 Å². The van der Waals surface area contributed by atoms with Gasteiger partial charge in [-0.3, -0.25) is 23.8 Å². The fourth-order valence-corrected chi connectivity index (χ4v) is 3.87. The summed E-state index contributed by atoms with van der Waals surface area (Å²) in [5.41, 5.74) is 2.03. The number of nitrogens with one attached hydrogen (secondary N) is 1. The molecular weight excluding hydrogens is 394 g/mol. The fourth-order valence-electron chi connectivity index (χ4n) is 3.87. The molecule has 1 aliphatic rings. The summed E-state index contributed by atoms with van der Waals surface area (Å²) in [6, 6.07) is 14.3. The summed E-state index contributed by atoms with van der Waals surface area (Å²) in [4.78, 5) is 34.1. The first-order valence-corrected chi connectivity index (χ1v) is 10.4. The predicted molar refractivity (Wildman–Crippen MR) is 119 cm³/mol. The topological polar surface area (TPSA) is 79.2 Å². The second-order valence-corrected chi connectivity index (χ2v) is 7.69. The molecule has 2 aromatic heterocycles. The van der Waals surface area contributed by atoms with E-state index in [9.17, 15) is 9.59 Å². The fraction of sp³-hybridized carbons (Fsp3) is 0.348. The minimum Gasteiger partial charge on any atom is -0.495 e. The molecule has 0 aliphatic carbocycles. The molecule has 1 fully saturated rings. The molecule has 1 N–H and O–H groups in total. The van der Waals surface area contributed by atoms with Crippen LogP contribution in [-0.4, -0.2) is 64.4 Å². The van der Waals surface area contributed by atoms with Gasteiger partial charge in [-0.15, -0.1) is 0 Å². The maximum Gasteiger partial charge on any atom is 0.258 e. The average molecular weight is 422 g/mol. The van der Waals surface area contributed by atoms with Crippen LogP contribution in [0.5, 0.6) is 5.75 Å². The second kappa shape index (κ2) is 9.28. The van der Waals surface area contributed by atoms with Crippen molar-refractivity contribution in [2.45, 2.75) is 19.5 Å². The molecular formula is C23H27N5O3. The third-order valence-electron chi connectivity index (χ3n) is 5.71. The van der Waals surface area contributed by atoms with E-state index in [0.717, 1.165) is 31.9 Å². The number of piperazine rings is 1. The smallest absolute Gasteiger partial charge is 0.258 e. The average Bonchev–Trinajstić information content (AvgIpc) is 2.79. The summed E-state index contributed by atoms with van der Waals surface area (Å²) in [5.74, 6) is 0.592. The number of fused-ring (bicyclic) bond motifs is 1. The number of carbonyl (C=O) groups is 1. The summed E-state index contributed by atoms with van der Waals surface area (Å²) < 4.78 is 6.86. The zero-order valence-corrected chi connectivity index (χ0v) is 17.8. The molecule has 0 saturated carbocycles. The number of pyridine rings is 1. The number of para-hydroxylation sites is 2. The number of nitrogens with zero attached hydrogens (tertiary/aromatic N) is 4. The molecule has 8 nitrogen and oxygen atoms in total. The highest BCUT2D eigenvalue weighted by atomic mass is 16.5. The van der Waals surface area contributed by atoms with Gasteiger partial charge < -0.3 is 10.1 Å². The number of hydrogen-bond donors (Lipinski definition) is 1. The Kier molecular flexibility index (Phi) is 6.29. The number of benzene rings is 1. The Morgan fingerprint density at radius 3 is 2.65 bits per heavy atom. The van der Waals surface area contributed by atoms with Crippen LogP contribution in [0.25, 0.3) is 5.65 Å². The summed E-state index contributed by atoms with van der Waals surface area (Å²) in [5, 5.41) is 2.97. The molecule has 1 amide bonds. The molecule has 0 bridgehead atoms. The first kappa shape index (κ1) is 21.0. The van der Waals surface area contributed by atoms with E-state index in [0.29, 0.717) is 23.6 Å². The second-order valence-electron chi connectivity index (χ2n) is 7.69. The number of anilines is 1. The summed E-state index contributed by atoms with van der Waals surface area (Å²) in [6.45, 7) is 5.70. The summed E-state index contributed by atoms with van der Waals surface area (Å²) in [7, 11) is 1.59. The van der Waals surface area contributed by atoms with Crippen molar-refractivity contribution in [2.75, 3.05) is 38.6 Å². The quantitative estimate of drug-likeness (QED) is 0.655. The van der Waals surface area contributed by atoms with Crippen molar-refractivity contribution in [1.29, 1.82) is 0 Å². The highest BCUT2D eigenvalue weighted by Gasteiger charge is 2.26. The van der Waals surface area contributed by atoms with Crippen LogP contribution in [0.15, 0.2) is 59.5 Å². The minimum atomic E-state index is -0.254. The van der Waals surface area contributed by atoms with Gasteiger partial charge in [0.25, 0.3) is 5.56 Å². The Bertz CT molecular complexity index is 1120. The number of hydrogen-bond acceptors (Lipinski definition) is 6. The number of methoxy groups -OCH3 is 1. The maximum atomic E-state index is 12.7. The Hall–Kier alpha value is -3.23. The van der Waals surface area contributed by atoms with Crippen molar-refractivity contribution in [3.8, 4) is 5.75 Å². The van der Waals surface area contributed by atoms with Gasteiger partial charge >= 0.3 is 0 Å². The van der Waals surface area contributed by atoms with Crippen LogP contribution < -0.4 is 15.6 Å². The van der Waals surface area contributed by atoms with E-state index >= 15 is 0 Å². The van der Waals surface area contributed by atoms with Gasteiger partial charge in [-0.05, 0) is 31.2 Å². The number of rotatable bonds is 6. The van der Waals surface area contributed by atoms with E-state index in [1.807, 2.05) is 49.4 Å². The Morgan fingerprint density at radius 1 is 1.13 bits per heavy atom. The van der Waals surface area contributed by atoms with Crippen LogP contribution in [0.1, 0.15) is 12.6 Å². The van der Waals surface area contributed by atoms with Crippen LogP contribution in [0, 0.1) is 0 Å². The van der Waals surface area contributed by atoms with Crippen molar-refractivity contribution in [3.05, 3.63) is 70.8 Å². The van der Waals surface area contributed by atoms with E-state index in [2.05, 4.69) is 20.1 Å². The summed E-state index contributed by atoms with van der Waals surface area (Å²) in [6.07, 6.45) is 1.73. The van der Waals surface area contributed by atoms with Crippen molar-refractivity contribution in [2.24, 2.45) is 0 Å². The van der Waals surface area contributed by atoms with Gasteiger partial charge in [-0.2, -0.15) is 0 Å². The molecule has 31 heavy (non-hydrogen) atoms. The van der Waals surface area contributed by atoms with Crippen molar-refractivity contribution < 1.29 is 9.53 Å². The van der Waals surface area contributed by atoms with Crippen LogP contribution in [0.3, 0.4) is 0 Å². The number of amides is 1. The zero-order valence-electron chi connectivity index (χ0n) is 17.8. The molecule has 0 spiro atoms. The molecule has 1 aliphatic heterocycles. The SMILES string of the molecule is COc1ccccc1NC(=O)[C@H](C)N1CCN(Cc2cc(=O)n3ccccc3n2)CC1. The molecule has 3 aromatic rings. The summed E-state index contributed by atoms with van der Waals surface area (Å²) >= 11 is 0. The van der Waals surface area contributed by atoms with Gasteiger partial charge in [0.2, 0.25) is 5.91 Å². The van der Waals surface area contributed by atoms with Gasteiger partial charge in [0, 0.05) is 45.0 Å². The molecule has 3 heterocycles. The van der Waals surface area contributed by atoms with E-state index < -0.39 is 0 Å². The molecule has 1 saturated heterocycles. The molecule has 0 radical (unpaired) electrons. The van der Waals surface area contributed by atoms with Crippen molar-refractivity contribution >= 4 is 17.2 Å². The number of carbonyl (C=O) groups excluding carboxylic acids is 1. The Morgan fingerprint density at radius 2 is 1.87 bits per heavy atom. The first-order chi connectivity index (χ1) is 15.0. The molecule has 162 valence electrons. The molecule has 1 atom stereocenters. The van der Waals surface area contributed by atoms with Crippen molar-refractivity contribution in [1.82, 2.24) is 19.2 Å². The lowest BCUT2D eigenvalue weighted by Gasteiger charge is -2.37. The standard InChI is InChI=1S/C23H27N5O3/c1-17(23(30)25-19-7-3-4-8-20(19)31-2)27-13-11-26(12-14-27)16-18-15-22(29)28-10-6-5-9-21(28)24-18/h3-10,15,17H,11-14,16H2,1-2H3,(H,25,30)/t17-/m0/s1. The molecule has 1 aromatic carbocycles. The first-order valence-electron chi connectivity index (χ1n) is 10.4. The van der Waals surface area contributed by atoms with Crippen molar-refractivity contribution in [3.63, 3.8) is 0 Å². The van der Waals surface area contributed by atoms with Gasteiger partial charge in [0.05, 0.1) is 24.5 Å². The monoisotopic (exact) mass is 421 g/mol. The lowest BCUT2D eigenvalue weighted by molar-refractivity contribution is -0.121. The molecule has 4 rings (SSSR count). The highest BCUT2D eigenvalue weighted by molar-refractivity contribution is 5.95. The van der Waals surface area contributed by atoms with Gasteiger partial charge in [0.15, 0.2) is 0 Å². The Balaban J connectivity index is 1.34. The minimum absolute atomic E-state index is 0.0535. The normalized spacial score (nSPS) is 16.2. The van der Waals surface area contributed by atoms with E-state index in [4.69, 9.17) is 4.74 Å². The lowest BCUT2D eigenvalue weighted by atomic mass is 10.2. The van der Waals surface area contributed by atoms with Crippen LogP contribution in [-0.2, 0) is 11.3 Å².